The number of para-hydroxylation sites is 1. The van der Waals surface area contributed by atoms with Crippen LogP contribution in [-0.4, -0.2) is 43.6 Å². The molecule has 1 heterocycles. The molecule has 0 radical (unpaired) electrons. The number of hydrogen-bond donors (Lipinski definition) is 3. The Kier molecular flexibility index (Phi) is 7.66. The maximum absolute atomic E-state index is 13.1. The Labute approximate surface area is 170 Å². The predicted molar refractivity (Wildman–Crippen MR) is 110 cm³/mol. The monoisotopic (exact) mass is 404 g/mol. The number of ether oxygens (including phenoxy) is 1. The SMILES string of the molecule is COc1ccccc1C1CNCCN1C(=O)c1ccc(CNC(N)=O)cc1.Cl. The van der Waals surface area contributed by atoms with Crippen LogP contribution in [0.1, 0.15) is 27.5 Å². The van der Waals surface area contributed by atoms with Crippen LogP contribution in [-0.2, 0) is 6.54 Å². The van der Waals surface area contributed by atoms with Crippen LogP contribution in [0, 0.1) is 0 Å². The lowest BCUT2D eigenvalue weighted by atomic mass is 10.0. The number of urea groups is 1. The Balaban J connectivity index is 0.00000280. The summed E-state index contributed by atoms with van der Waals surface area (Å²) < 4.78 is 5.48. The van der Waals surface area contributed by atoms with E-state index < -0.39 is 6.03 Å². The minimum Gasteiger partial charge on any atom is -0.496 e. The van der Waals surface area contributed by atoms with Crippen molar-refractivity contribution in [2.45, 2.75) is 12.6 Å². The zero-order valence-electron chi connectivity index (χ0n) is 15.7. The highest BCUT2D eigenvalue weighted by molar-refractivity contribution is 5.94. The number of methoxy groups -OCH3 is 1. The standard InChI is InChI=1S/C20H24N4O3.ClH/c1-27-18-5-3-2-4-16(18)17-13-22-10-11-24(17)19(25)15-8-6-14(7-9-15)12-23-20(21)26;/h2-9,17,22H,10-13H2,1H3,(H3,21,23,26);1H. The Bertz CT molecular complexity index is 813. The van der Waals surface area contributed by atoms with E-state index in [0.29, 0.717) is 25.2 Å². The molecule has 1 atom stereocenters. The molecule has 3 rings (SSSR count). The van der Waals surface area contributed by atoms with E-state index >= 15 is 0 Å². The maximum atomic E-state index is 13.1. The third-order valence-corrected chi connectivity index (χ3v) is 4.67. The molecule has 150 valence electrons. The lowest BCUT2D eigenvalue weighted by Gasteiger charge is -2.37. The molecular weight excluding hydrogens is 380 g/mol. The number of amides is 3. The molecule has 1 unspecified atom stereocenters. The highest BCUT2D eigenvalue weighted by Gasteiger charge is 2.30. The van der Waals surface area contributed by atoms with Gasteiger partial charge in [0.2, 0.25) is 0 Å². The molecule has 0 spiro atoms. The first-order valence-electron chi connectivity index (χ1n) is 8.87. The Hall–Kier alpha value is -2.77. The average Bonchev–Trinajstić information content (AvgIpc) is 2.72. The smallest absolute Gasteiger partial charge is 0.312 e. The van der Waals surface area contributed by atoms with Crippen LogP contribution < -0.4 is 21.1 Å². The number of halogens is 1. The van der Waals surface area contributed by atoms with Crippen LogP contribution in [0.2, 0.25) is 0 Å². The van der Waals surface area contributed by atoms with E-state index in [9.17, 15) is 9.59 Å². The zero-order valence-corrected chi connectivity index (χ0v) is 16.5. The van der Waals surface area contributed by atoms with Crippen molar-refractivity contribution in [1.82, 2.24) is 15.5 Å². The number of hydrogen-bond acceptors (Lipinski definition) is 4. The van der Waals surface area contributed by atoms with E-state index in [2.05, 4.69) is 10.6 Å². The molecule has 1 saturated heterocycles. The number of rotatable bonds is 5. The normalized spacial score (nSPS) is 16.0. The largest absolute Gasteiger partial charge is 0.496 e. The van der Waals surface area contributed by atoms with Gasteiger partial charge in [0.25, 0.3) is 5.91 Å². The highest BCUT2D eigenvalue weighted by Crippen LogP contribution is 2.31. The average molecular weight is 405 g/mol. The van der Waals surface area contributed by atoms with E-state index in [-0.39, 0.29) is 24.4 Å². The predicted octanol–water partition coefficient (Wildman–Crippen LogP) is 2.07. The summed E-state index contributed by atoms with van der Waals surface area (Å²) in [5.41, 5.74) is 7.56. The molecule has 1 aliphatic rings. The van der Waals surface area contributed by atoms with Crippen molar-refractivity contribution in [2.75, 3.05) is 26.7 Å². The van der Waals surface area contributed by atoms with Crippen LogP contribution >= 0.6 is 12.4 Å². The first kappa shape index (κ1) is 21.5. The van der Waals surface area contributed by atoms with E-state index in [0.717, 1.165) is 23.4 Å². The second-order valence-corrected chi connectivity index (χ2v) is 6.38. The third kappa shape index (κ3) is 4.94. The highest BCUT2D eigenvalue weighted by atomic mass is 35.5. The van der Waals surface area contributed by atoms with Crippen molar-refractivity contribution in [3.63, 3.8) is 0 Å². The fourth-order valence-corrected chi connectivity index (χ4v) is 3.29. The first-order chi connectivity index (χ1) is 13.1. The molecule has 0 saturated carbocycles. The van der Waals surface area contributed by atoms with E-state index in [1.54, 1.807) is 19.2 Å². The van der Waals surface area contributed by atoms with Gasteiger partial charge in [0.15, 0.2) is 0 Å². The lowest BCUT2D eigenvalue weighted by Crippen LogP contribution is -2.48. The van der Waals surface area contributed by atoms with Gasteiger partial charge in [-0.2, -0.15) is 0 Å². The van der Waals surface area contributed by atoms with Crippen molar-refractivity contribution in [2.24, 2.45) is 5.73 Å². The molecule has 0 bridgehead atoms. The van der Waals surface area contributed by atoms with Gasteiger partial charge in [-0.15, -0.1) is 12.4 Å². The van der Waals surface area contributed by atoms with E-state index in [1.165, 1.54) is 0 Å². The number of piperazine rings is 1. The molecule has 3 amide bonds. The van der Waals surface area contributed by atoms with Gasteiger partial charge >= 0.3 is 6.03 Å². The third-order valence-electron chi connectivity index (χ3n) is 4.67. The van der Waals surface area contributed by atoms with Crippen molar-refractivity contribution < 1.29 is 14.3 Å². The summed E-state index contributed by atoms with van der Waals surface area (Å²) in [6.45, 7) is 2.37. The molecule has 0 aromatic heterocycles. The number of carbonyl (C=O) groups excluding carboxylic acids is 2. The van der Waals surface area contributed by atoms with Gasteiger partial charge in [-0.3, -0.25) is 4.79 Å². The molecule has 0 aliphatic carbocycles. The quantitative estimate of drug-likeness (QED) is 0.710. The maximum Gasteiger partial charge on any atom is 0.312 e. The fourth-order valence-electron chi connectivity index (χ4n) is 3.29. The Morgan fingerprint density at radius 3 is 2.61 bits per heavy atom. The number of nitrogens with two attached hydrogens (primary N) is 1. The van der Waals surface area contributed by atoms with Gasteiger partial charge in [-0.05, 0) is 23.8 Å². The van der Waals surface area contributed by atoms with Gasteiger partial charge in [-0.1, -0.05) is 30.3 Å². The topological polar surface area (TPSA) is 96.7 Å². The minimum absolute atomic E-state index is 0. The minimum atomic E-state index is -0.574. The number of benzene rings is 2. The summed E-state index contributed by atoms with van der Waals surface area (Å²) in [4.78, 5) is 25.8. The molecule has 8 heteroatoms. The van der Waals surface area contributed by atoms with Gasteiger partial charge < -0.3 is 26.0 Å². The van der Waals surface area contributed by atoms with E-state index in [1.807, 2.05) is 41.3 Å². The van der Waals surface area contributed by atoms with Crippen LogP contribution in [0.4, 0.5) is 4.79 Å². The van der Waals surface area contributed by atoms with Crippen LogP contribution in [0.25, 0.3) is 0 Å². The lowest BCUT2D eigenvalue weighted by molar-refractivity contribution is 0.0631. The fraction of sp³-hybridized carbons (Fsp3) is 0.300. The number of nitrogens with one attached hydrogen (secondary N) is 2. The van der Waals surface area contributed by atoms with Crippen molar-refractivity contribution >= 4 is 24.3 Å². The Morgan fingerprint density at radius 2 is 1.93 bits per heavy atom. The van der Waals surface area contributed by atoms with Crippen LogP contribution in [0.15, 0.2) is 48.5 Å². The summed E-state index contributed by atoms with van der Waals surface area (Å²) >= 11 is 0. The Morgan fingerprint density at radius 1 is 1.21 bits per heavy atom. The summed E-state index contributed by atoms with van der Waals surface area (Å²) in [6, 6.07) is 14.3. The van der Waals surface area contributed by atoms with Gasteiger partial charge in [0, 0.05) is 37.3 Å². The summed E-state index contributed by atoms with van der Waals surface area (Å²) in [6.07, 6.45) is 0. The van der Waals surface area contributed by atoms with Crippen LogP contribution in [0.5, 0.6) is 5.75 Å². The van der Waals surface area contributed by atoms with Crippen molar-refractivity contribution in [3.8, 4) is 5.75 Å². The van der Waals surface area contributed by atoms with Crippen molar-refractivity contribution in [1.29, 1.82) is 0 Å². The molecule has 7 nitrogen and oxygen atoms in total. The van der Waals surface area contributed by atoms with Gasteiger partial charge in [0.1, 0.15) is 5.75 Å². The molecule has 1 fully saturated rings. The molecule has 2 aromatic rings. The van der Waals surface area contributed by atoms with Gasteiger partial charge in [0.05, 0.1) is 13.2 Å². The van der Waals surface area contributed by atoms with Crippen molar-refractivity contribution in [3.05, 3.63) is 65.2 Å². The van der Waals surface area contributed by atoms with Gasteiger partial charge in [-0.25, -0.2) is 4.79 Å². The number of primary amides is 1. The molecule has 4 N–H and O–H groups in total. The van der Waals surface area contributed by atoms with Crippen LogP contribution in [0.3, 0.4) is 0 Å². The second kappa shape index (κ2) is 9.96. The zero-order chi connectivity index (χ0) is 19.2. The summed E-state index contributed by atoms with van der Waals surface area (Å²) in [5.74, 6) is 0.749. The first-order valence-corrected chi connectivity index (χ1v) is 8.87. The van der Waals surface area contributed by atoms with E-state index in [4.69, 9.17) is 10.5 Å². The summed E-state index contributed by atoms with van der Waals surface area (Å²) in [5, 5.41) is 5.89. The summed E-state index contributed by atoms with van der Waals surface area (Å²) in [7, 11) is 1.64. The molecule has 28 heavy (non-hydrogen) atoms. The molecular formula is C20H25ClN4O3. The number of carbonyl (C=O) groups is 2. The number of nitrogens with zero attached hydrogens (tertiary/aromatic N) is 1. The second-order valence-electron chi connectivity index (χ2n) is 6.38. The molecule has 1 aliphatic heterocycles. The molecule has 2 aromatic carbocycles.